The van der Waals surface area contributed by atoms with E-state index < -0.39 is 0 Å². The lowest BCUT2D eigenvalue weighted by Crippen LogP contribution is -2.15. The Kier molecular flexibility index (Phi) is 2.15. The number of aromatic nitrogens is 2. The fraction of sp³-hybridized carbons (Fsp3) is 0.273. The Hall–Kier alpha value is -1.46. The van der Waals surface area contributed by atoms with Crippen LogP contribution < -0.4 is 10.9 Å². The van der Waals surface area contributed by atoms with Gasteiger partial charge in [-0.15, -0.1) is 0 Å². The van der Waals surface area contributed by atoms with Gasteiger partial charge in [0.25, 0.3) is 5.56 Å². The Labute approximate surface area is 96.4 Å². The smallest absolute Gasteiger partial charge is 0.255 e. The van der Waals surface area contributed by atoms with Crippen LogP contribution in [-0.4, -0.2) is 9.97 Å². The summed E-state index contributed by atoms with van der Waals surface area (Å²) in [5.41, 5.74) is 3.81. The van der Waals surface area contributed by atoms with Crippen LogP contribution in [0.3, 0.4) is 0 Å². The molecular weight excluding hydrogens is 222 g/mol. The molecule has 4 nitrogen and oxygen atoms in total. The van der Waals surface area contributed by atoms with E-state index in [1.165, 1.54) is 0 Å². The van der Waals surface area contributed by atoms with E-state index in [4.69, 9.17) is 0 Å². The quantitative estimate of drug-likeness (QED) is 0.783. The molecule has 0 bridgehead atoms. The molecule has 0 aliphatic carbocycles. The molecule has 0 atom stereocenters. The molecule has 3 rings (SSSR count). The van der Waals surface area contributed by atoms with Gasteiger partial charge < -0.3 is 10.3 Å². The summed E-state index contributed by atoms with van der Waals surface area (Å²) in [5.74, 6) is 0.686. The normalized spacial score (nSPS) is 14.1. The van der Waals surface area contributed by atoms with Gasteiger partial charge in [-0.3, -0.25) is 4.79 Å². The fourth-order valence-electron chi connectivity index (χ4n) is 1.91. The zero-order valence-electron chi connectivity index (χ0n) is 8.83. The summed E-state index contributed by atoms with van der Waals surface area (Å²) in [4.78, 5) is 19.2. The molecule has 0 unspecified atom stereocenters. The lowest BCUT2D eigenvalue weighted by molar-refractivity contribution is 0.757. The average molecular weight is 233 g/mol. The summed E-state index contributed by atoms with van der Waals surface area (Å²) in [6, 6.07) is 0. The van der Waals surface area contributed by atoms with Crippen molar-refractivity contribution in [1.82, 2.24) is 15.3 Å². The first-order valence-corrected chi connectivity index (χ1v) is 6.06. The molecule has 0 radical (unpaired) electrons. The van der Waals surface area contributed by atoms with Crippen molar-refractivity contribution in [2.45, 2.75) is 20.0 Å². The van der Waals surface area contributed by atoms with Crippen LogP contribution in [0, 0.1) is 6.92 Å². The summed E-state index contributed by atoms with van der Waals surface area (Å²) in [6.07, 6.45) is 0. The maximum atomic E-state index is 11.8. The molecule has 0 aromatic carbocycles. The van der Waals surface area contributed by atoms with Crippen molar-refractivity contribution in [2.75, 3.05) is 0 Å². The van der Waals surface area contributed by atoms with E-state index in [2.05, 4.69) is 20.7 Å². The van der Waals surface area contributed by atoms with Gasteiger partial charge in [0.2, 0.25) is 0 Å². The second kappa shape index (κ2) is 3.54. The van der Waals surface area contributed by atoms with Gasteiger partial charge in [-0.05, 0) is 17.9 Å². The highest BCUT2D eigenvalue weighted by atomic mass is 32.1. The molecule has 0 saturated carbocycles. The highest BCUT2D eigenvalue weighted by Crippen LogP contribution is 2.23. The molecule has 2 aromatic rings. The van der Waals surface area contributed by atoms with Crippen molar-refractivity contribution in [3.05, 3.63) is 37.9 Å². The van der Waals surface area contributed by atoms with Gasteiger partial charge in [0.1, 0.15) is 5.82 Å². The molecule has 0 amide bonds. The number of aromatic amines is 1. The predicted octanol–water partition coefficient (Wildman–Crippen LogP) is 1.41. The van der Waals surface area contributed by atoms with Gasteiger partial charge in [0.15, 0.2) is 0 Å². The van der Waals surface area contributed by atoms with Crippen LogP contribution in [0.4, 0.5) is 0 Å². The standard InChI is InChI=1S/C11H11N3OS/c1-6-4-16-5-8(6)10-13-9-3-12-2-7(9)11(15)14-10/h4-5,12H,2-3H2,1H3,(H,13,14,15). The highest BCUT2D eigenvalue weighted by molar-refractivity contribution is 7.08. The first kappa shape index (κ1) is 9.74. The van der Waals surface area contributed by atoms with Gasteiger partial charge in [-0.1, -0.05) is 0 Å². The van der Waals surface area contributed by atoms with Gasteiger partial charge in [-0.2, -0.15) is 11.3 Å². The van der Waals surface area contributed by atoms with E-state index in [1.54, 1.807) is 11.3 Å². The summed E-state index contributed by atoms with van der Waals surface area (Å²) >= 11 is 1.62. The Morgan fingerprint density at radius 2 is 2.25 bits per heavy atom. The number of rotatable bonds is 1. The molecule has 2 aromatic heterocycles. The van der Waals surface area contributed by atoms with E-state index in [9.17, 15) is 4.79 Å². The molecular formula is C11H11N3OS. The maximum absolute atomic E-state index is 11.8. The number of H-pyrrole nitrogens is 1. The summed E-state index contributed by atoms with van der Waals surface area (Å²) in [6.45, 7) is 3.34. The van der Waals surface area contributed by atoms with Gasteiger partial charge in [-0.25, -0.2) is 4.98 Å². The van der Waals surface area contributed by atoms with Crippen molar-refractivity contribution in [3.63, 3.8) is 0 Å². The zero-order chi connectivity index (χ0) is 11.1. The predicted molar refractivity (Wildman–Crippen MR) is 63.5 cm³/mol. The van der Waals surface area contributed by atoms with Gasteiger partial charge >= 0.3 is 0 Å². The van der Waals surface area contributed by atoms with E-state index in [0.29, 0.717) is 18.9 Å². The third kappa shape index (κ3) is 1.40. The second-order valence-corrected chi connectivity index (χ2v) is 4.66. The van der Waals surface area contributed by atoms with E-state index >= 15 is 0 Å². The van der Waals surface area contributed by atoms with Crippen molar-refractivity contribution in [2.24, 2.45) is 0 Å². The van der Waals surface area contributed by atoms with Crippen molar-refractivity contribution in [1.29, 1.82) is 0 Å². The lowest BCUT2D eigenvalue weighted by atomic mass is 10.2. The number of fused-ring (bicyclic) bond motifs is 1. The number of thiophene rings is 1. The van der Waals surface area contributed by atoms with Crippen LogP contribution >= 0.6 is 11.3 Å². The topological polar surface area (TPSA) is 57.8 Å². The molecule has 0 saturated heterocycles. The van der Waals surface area contributed by atoms with Crippen LogP contribution in [0.2, 0.25) is 0 Å². The lowest BCUT2D eigenvalue weighted by Gasteiger charge is -2.02. The van der Waals surface area contributed by atoms with Crippen LogP contribution in [0.25, 0.3) is 11.4 Å². The second-order valence-electron chi connectivity index (χ2n) is 3.91. The fourth-order valence-corrected chi connectivity index (χ4v) is 2.74. The first-order valence-electron chi connectivity index (χ1n) is 5.11. The number of nitrogens with zero attached hydrogens (tertiary/aromatic N) is 1. The van der Waals surface area contributed by atoms with Gasteiger partial charge in [0.05, 0.1) is 11.3 Å². The minimum atomic E-state index is -0.0180. The molecule has 1 aliphatic rings. The largest absolute Gasteiger partial charge is 0.307 e. The molecule has 1 aliphatic heterocycles. The average Bonchev–Trinajstić information content (AvgIpc) is 2.85. The first-order chi connectivity index (χ1) is 7.75. The number of nitrogens with one attached hydrogen (secondary N) is 2. The minimum Gasteiger partial charge on any atom is -0.307 e. The molecule has 82 valence electrons. The maximum Gasteiger partial charge on any atom is 0.255 e. The SMILES string of the molecule is Cc1cscc1-c1nc2c(c(=O)[nH]1)CNC2. The van der Waals surface area contributed by atoms with E-state index in [0.717, 1.165) is 22.4 Å². The van der Waals surface area contributed by atoms with Crippen LogP contribution in [0.5, 0.6) is 0 Å². The van der Waals surface area contributed by atoms with E-state index in [-0.39, 0.29) is 5.56 Å². The number of hydrogen-bond acceptors (Lipinski definition) is 4. The van der Waals surface area contributed by atoms with Crippen molar-refractivity contribution >= 4 is 11.3 Å². The summed E-state index contributed by atoms with van der Waals surface area (Å²) < 4.78 is 0. The molecule has 0 spiro atoms. The van der Waals surface area contributed by atoms with Crippen LogP contribution in [0.1, 0.15) is 16.8 Å². The Morgan fingerprint density at radius 1 is 1.38 bits per heavy atom. The molecule has 0 fully saturated rings. The van der Waals surface area contributed by atoms with Crippen molar-refractivity contribution < 1.29 is 0 Å². The molecule has 16 heavy (non-hydrogen) atoms. The Morgan fingerprint density at radius 3 is 3.00 bits per heavy atom. The highest BCUT2D eigenvalue weighted by Gasteiger charge is 2.17. The third-order valence-corrected chi connectivity index (χ3v) is 3.67. The molecule has 5 heteroatoms. The van der Waals surface area contributed by atoms with Crippen LogP contribution in [0.15, 0.2) is 15.6 Å². The zero-order valence-corrected chi connectivity index (χ0v) is 9.65. The Bertz CT molecular complexity index is 600. The molecule has 3 heterocycles. The summed E-state index contributed by atoms with van der Waals surface area (Å²) in [5, 5.41) is 7.21. The summed E-state index contributed by atoms with van der Waals surface area (Å²) in [7, 11) is 0. The van der Waals surface area contributed by atoms with E-state index in [1.807, 2.05) is 12.3 Å². The van der Waals surface area contributed by atoms with Crippen molar-refractivity contribution in [3.8, 4) is 11.4 Å². The monoisotopic (exact) mass is 233 g/mol. The third-order valence-electron chi connectivity index (χ3n) is 2.81. The number of aryl methyl sites for hydroxylation is 1. The van der Waals surface area contributed by atoms with Gasteiger partial charge in [0, 0.05) is 24.0 Å². The Balaban J connectivity index is 2.21. The number of hydrogen-bond donors (Lipinski definition) is 2. The molecule has 2 N–H and O–H groups in total. The minimum absolute atomic E-state index is 0.0180. The van der Waals surface area contributed by atoms with Crippen LogP contribution in [-0.2, 0) is 13.1 Å².